The SMILES string of the molecule is CC(=O)c1cccc2ccc(Nc3ccccc3-c3nc4ccccc4[nH]3)nc12. The second-order valence-corrected chi connectivity index (χ2v) is 6.90. The van der Waals surface area contributed by atoms with Crippen LogP contribution in [-0.2, 0) is 0 Å². The normalized spacial score (nSPS) is 11.1. The highest BCUT2D eigenvalue weighted by molar-refractivity contribution is 6.05. The number of para-hydroxylation sites is 4. The van der Waals surface area contributed by atoms with E-state index in [1.165, 1.54) is 0 Å². The van der Waals surface area contributed by atoms with Crippen molar-refractivity contribution >= 4 is 39.2 Å². The molecule has 0 saturated carbocycles. The van der Waals surface area contributed by atoms with Crippen molar-refractivity contribution in [2.24, 2.45) is 0 Å². The van der Waals surface area contributed by atoms with Gasteiger partial charge in [-0.25, -0.2) is 9.97 Å². The van der Waals surface area contributed by atoms with E-state index in [-0.39, 0.29) is 5.78 Å². The highest BCUT2D eigenvalue weighted by atomic mass is 16.1. The van der Waals surface area contributed by atoms with Crippen molar-refractivity contribution in [3.8, 4) is 11.4 Å². The number of nitrogens with zero attached hydrogens (tertiary/aromatic N) is 2. The van der Waals surface area contributed by atoms with Gasteiger partial charge in [-0.15, -0.1) is 0 Å². The lowest BCUT2D eigenvalue weighted by molar-refractivity contribution is 0.101. The molecule has 5 aromatic rings. The Labute approximate surface area is 167 Å². The van der Waals surface area contributed by atoms with Gasteiger partial charge in [-0.2, -0.15) is 0 Å². The average molecular weight is 378 g/mol. The van der Waals surface area contributed by atoms with E-state index in [9.17, 15) is 4.79 Å². The maximum atomic E-state index is 12.0. The minimum absolute atomic E-state index is 0.00271. The summed E-state index contributed by atoms with van der Waals surface area (Å²) in [6.45, 7) is 1.56. The number of pyridine rings is 1. The summed E-state index contributed by atoms with van der Waals surface area (Å²) in [7, 11) is 0. The molecule has 3 aromatic carbocycles. The van der Waals surface area contributed by atoms with Gasteiger partial charge in [0.05, 0.1) is 22.2 Å². The highest BCUT2D eigenvalue weighted by Crippen LogP contribution is 2.30. The van der Waals surface area contributed by atoms with Gasteiger partial charge in [-0.05, 0) is 49.4 Å². The summed E-state index contributed by atoms with van der Waals surface area (Å²) in [4.78, 5) is 24.8. The van der Waals surface area contributed by atoms with Crippen molar-refractivity contribution < 1.29 is 4.79 Å². The molecule has 0 spiro atoms. The zero-order valence-corrected chi connectivity index (χ0v) is 15.8. The molecular weight excluding hydrogens is 360 g/mol. The lowest BCUT2D eigenvalue weighted by atomic mass is 10.1. The third kappa shape index (κ3) is 3.12. The Hall–Kier alpha value is -3.99. The van der Waals surface area contributed by atoms with Crippen molar-refractivity contribution in [2.75, 3.05) is 5.32 Å². The molecule has 5 rings (SSSR count). The molecule has 0 aliphatic carbocycles. The molecule has 29 heavy (non-hydrogen) atoms. The van der Waals surface area contributed by atoms with Crippen molar-refractivity contribution in [2.45, 2.75) is 6.92 Å². The Kier molecular flexibility index (Phi) is 4.06. The minimum Gasteiger partial charge on any atom is -0.340 e. The lowest BCUT2D eigenvalue weighted by Gasteiger charge is -2.11. The number of rotatable bonds is 4. The predicted molar refractivity (Wildman–Crippen MR) is 117 cm³/mol. The van der Waals surface area contributed by atoms with Gasteiger partial charge in [0.2, 0.25) is 0 Å². The van der Waals surface area contributed by atoms with E-state index < -0.39 is 0 Å². The summed E-state index contributed by atoms with van der Waals surface area (Å²) in [5.41, 5.74) is 5.08. The fraction of sp³-hybridized carbons (Fsp3) is 0.0417. The van der Waals surface area contributed by atoms with Gasteiger partial charge in [0, 0.05) is 16.5 Å². The van der Waals surface area contributed by atoms with Crippen LogP contribution in [0.25, 0.3) is 33.3 Å². The second-order valence-electron chi connectivity index (χ2n) is 6.90. The molecule has 0 radical (unpaired) electrons. The number of anilines is 2. The number of nitrogens with one attached hydrogen (secondary N) is 2. The van der Waals surface area contributed by atoms with E-state index in [4.69, 9.17) is 9.97 Å². The van der Waals surface area contributed by atoms with Gasteiger partial charge in [0.1, 0.15) is 11.6 Å². The van der Waals surface area contributed by atoms with E-state index in [0.29, 0.717) is 16.9 Å². The number of benzene rings is 3. The van der Waals surface area contributed by atoms with Crippen LogP contribution in [0.4, 0.5) is 11.5 Å². The summed E-state index contributed by atoms with van der Waals surface area (Å²) in [6.07, 6.45) is 0. The van der Waals surface area contributed by atoms with E-state index in [2.05, 4.69) is 10.3 Å². The number of ketones is 1. The molecule has 0 aliphatic rings. The maximum Gasteiger partial charge on any atom is 0.161 e. The van der Waals surface area contributed by atoms with E-state index in [0.717, 1.165) is 33.5 Å². The summed E-state index contributed by atoms with van der Waals surface area (Å²) >= 11 is 0. The van der Waals surface area contributed by atoms with E-state index in [1.54, 1.807) is 6.92 Å². The van der Waals surface area contributed by atoms with Crippen LogP contribution in [0.2, 0.25) is 0 Å². The molecule has 140 valence electrons. The molecule has 0 fully saturated rings. The Morgan fingerprint density at radius 1 is 0.862 bits per heavy atom. The predicted octanol–water partition coefficient (Wildman–Crippen LogP) is 5.72. The number of aromatic nitrogens is 3. The molecule has 0 bridgehead atoms. The number of aromatic amines is 1. The number of imidazole rings is 1. The summed E-state index contributed by atoms with van der Waals surface area (Å²) < 4.78 is 0. The highest BCUT2D eigenvalue weighted by Gasteiger charge is 2.12. The zero-order valence-electron chi connectivity index (χ0n) is 15.8. The first-order valence-electron chi connectivity index (χ1n) is 9.41. The standard InChI is InChI=1S/C24H18N4O/c1-15(29)17-9-6-7-16-13-14-22(28-23(16)17)25-19-10-3-2-8-18(19)24-26-20-11-4-5-12-21(20)27-24/h2-14H,1H3,(H,25,28)(H,26,27). The zero-order chi connectivity index (χ0) is 19.8. The largest absolute Gasteiger partial charge is 0.340 e. The van der Waals surface area contributed by atoms with Crippen LogP contribution in [0.3, 0.4) is 0 Å². The Morgan fingerprint density at radius 3 is 2.55 bits per heavy atom. The number of fused-ring (bicyclic) bond motifs is 2. The number of carbonyl (C=O) groups is 1. The molecule has 0 atom stereocenters. The molecule has 2 heterocycles. The molecule has 2 N–H and O–H groups in total. The molecule has 0 unspecified atom stereocenters. The second kappa shape index (κ2) is 6.87. The van der Waals surface area contributed by atoms with Crippen LogP contribution in [0.1, 0.15) is 17.3 Å². The number of hydrogen-bond acceptors (Lipinski definition) is 4. The number of Topliss-reactive ketones (excluding diaryl/α,β-unsaturated/α-hetero) is 1. The lowest BCUT2D eigenvalue weighted by Crippen LogP contribution is -2.00. The third-order valence-corrected chi connectivity index (χ3v) is 4.93. The first kappa shape index (κ1) is 17.1. The van der Waals surface area contributed by atoms with Gasteiger partial charge in [-0.1, -0.05) is 36.4 Å². The molecule has 0 amide bonds. The molecular formula is C24H18N4O. The Bertz CT molecular complexity index is 1340. The van der Waals surface area contributed by atoms with Crippen LogP contribution < -0.4 is 5.32 Å². The quantitative estimate of drug-likeness (QED) is 0.392. The van der Waals surface area contributed by atoms with Crippen LogP contribution >= 0.6 is 0 Å². The fourth-order valence-corrected chi connectivity index (χ4v) is 3.52. The maximum absolute atomic E-state index is 12.0. The summed E-state index contributed by atoms with van der Waals surface area (Å²) in [5, 5.41) is 4.33. The monoisotopic (exact) mass is 378 g/mol. The third-order valence-electron chi connectivity index (χ3n) is 4.93. The Balaban J connectivity index is 1.58. The topological polar surface area (TPSA) is 70.7 Å². The molecule has 0 aliphatic heterocycles. The molecule has 5 nitrogen and oxygen atoms in total. The van der Waals surface area contributed by atoms with Gasteiger partial charge in [0.25, 0.3) is 0 Å². The number of H-pyrrole nitrogens is 1. The van der Waals surface area contributed by atoms with Crippen molar-refractivity contribution in [1.82, 2.24) is 15.0 Å². The number of hydrogen-bond donors (Lipinski definition) is 2. The van der Waals surface area contributed by atoms with Crippen LogP contribution in [0.15, 0.2) is 78.9 Å². The van der Waals surface area contributed by atoms with Crippen molar-refractivity contribution in [1.29, 1.82) is 0 Å². The summed E-state index contributed by atoms with van der Waals surface area (Å²) in [6, 6.07) is 25.5. The summed E-state index contributed by atoms with van der Waals surface area (Å²) in [5.74, 6) is 1.47. The van der Waals surface area contributed by atoms with Gasteiger partial charge in [0.15, 0.2) is 5.78 Å². The number of carbonyl (C=O) groups excluding carboxylic acids is 1. The fourth-order valence-electron chi connectivity index (χ4n) is 3.52. The minimum atomic E-state index is 0.00271. The molecule has 0 saturated heterocycles. The molecule has 2 aromatic heterocycles. The first-order chi connectivity index (χ1) is 14.2. The van der Waals surface area contributed by atoms with Crippen LogP contribution in [-0.4, -0.2) is 20.7 Å². The first-order valence-corrected chi connectivity index (χ1v) is 9.41. The Morgan fingerprint density at radius 2 is 1.69 bits per heavy atom. The van der Waals surface area contributed by atoms with Crippen molar-refractivity contribution in [3.05, 3.63) is 84.4 Å². The van der Waals surface area contributed by atoms with Gasteiger partial charge < -0.3 is 10.3 Å². The smallest absolute Gasteiger partial charge is 0.161 e. The van der Waals surface area contributed by atoms with Gasteiger partial charge in [-0.3, -0.25) is 4.79 Å². The van der Waals surface area contributed by atoms with E-state index >= 15 is 0 Å². The van der Waals surface area contributed by atoms with Crippen LogP contribution in [0, 0.1) is 0 Å². The van der Waals surface area contributed by atoms with Crippen molar-refractivity contribution in [3.63, 3.8) is 0 Å². The van der Waals surface area contributed by atoms with E-state index in [1.807, 2.05) is 78.9 Å². The average Bonchev–Trinajstić information content (AvgIpc) is 3.17. The van der Waals surface area contributed by atoms with Crippen LogP contribution in [0.5, 0.6) is 0 Å². The van der Waals surface area contributed by atoms with Gasteiger partial charge >= 0.3 is 0 Å². The molecule has 5 heteroatoms.